The van der Waals surface area contributed by atoms with Crippen LogP contribution in [0.5, 0.6) is 0 Å². The summed E-state index contributed by atoms with van der Waals surface area (Å²) >= 11 is 0. The minimum Gasteiger partial charge on any atom is -0.372 e. The van der Waals surface area contributed by atoms with Gasteiger partial charge in [-0.1, -0.05) is 18.2 Å². The zero-order valence-electron chi connectivity index (χ0n) is 18.0. The van der Waals surface area contributed by atoms with E-state index in [4.69, 9.17) is 4.74 Å². The zero-order chi connectivity index (χ0) is 22.2. The molecule has 0 aliphatic carbocycles. The molecule has 8 nitrogen and oxygen atoms in total. The normalized spacial score (nSPS) is 22.3. The molecular weight excluding hydrogens is 418 g/mol. The number of carbonyl (C=O) groups excluding carboxylic acids is 2. The van der Waals surface area contributed by atoms with Gasteiger partial charge >= 0.3 is 0 Å². The molecule has 3 heterocycles. The van der Waals surface area contributed by atoms with Crippen LogP contribution in [0.2, 0.25) is 0 Å². The number of fused-ring (bicyclic) bond motifs is 1. The minimum absolute atomic E-state index is 0.0189. The summed E-state index contributed by atoms with van der Waals surface area (Å²) in [7, 11) is -3.88. The zero-order valence-corrected chi connectivity index (χ0v) is 18.8. The van der Waals surface area contributed by atoms with Crippen molar-refractivity contribution in [2.24, 2.45) is 0 Å². The molecular formula is C22H29N3O5S. The molecule has 1 aromatic carbocycles. The van der Waals surface area contributed by atoms with Crippen LogP contribution in [0.1, 0.15) is 26.7 Å². The molecule has 2 aliphatic heterocycles. The molecule has 0 saturated carbocycles. The van der Waals surface area contributed by atoms with E-state index in [0.717, 1.165) is 25.9 Å². The first-order valence-electron chi connectivity index (χ1n) is 10.8. The van der Waals surface area contributed by atoms with Crippen LogP contribution in [0, 0.1) is 0 Å². The first kappa shape index (κ1) is 21.8. The van der Waals surface area contributed by atoms with Crippen molar-refractivity contribution < 1.29 is 22.7 Å². The van der Waals surface area contributed by atoms with Gasteiger partial charge in [-0.3, -0.25) is 9.59 Å². The number of hydrogen-bond acceptors (Lipinski definition) is 5. The summed E-state index contributed by atoms with van der Waals surface area (Å²) in [4.78, 5) is 28.9. The quantitative estimate of drug-likeness (QED) is 0.696. The van der Waals surface area contributed by atoms with Crippen molar-refractivity contribution in [3.8, 4) is 0 Å². The first-order chi connectivity index (χ1) is 14.7. The van der Waals surface area contributed by atoms with Crippen LogP contribution in [0.3, 0.4) is 0 Å². The molecule has 2 aromatic rings. The van der Waals surface area contributed by atoms with Crippen molar-refractivity contribution in [2.45, 2.75) is 50.3 Å². The lowest BCUT2D eigenvalue weighted by molar-refractivity contribution is -0.140. The average Bonchev–Trinajstić information content (AvgIpc) is 3.36. The highest BCUT2D eigenvalue weighted by atomic mass is 32.2. The minimum atomic E-state index is -3.88. The lowest BCUT2D eigenvalue weighted by atomic mass is 10.2. The van der Waals surface area contributed by atoms with Gasteiger partial charge in [0, 0.05) is 43.3 Å². The Balaban J connectivity index is 1.59. The summed E-state index contributed by atoms with van der Waals surface area (Å²) in [6.45, 7) is 6.07. The number of hydrogen-bond donors (Lipinski definition) is 0. The summed E-state index contributed by atoms with van der Waals surface area (Å²) in [5.74, 6) is -1.04. The van der Waals surface area contributed by atoms with Gasteiger partial charge < -0.3 is 19.1 Å². The third-order valence-corrected chi connectivity index (χ3v) is 7.56. The lowest BCUT2D eigenvalue weighted by Gasteiger charge is -2.35. The fourth-order valence-corrected chi connectivity index (χ4v) is 5.98. The van der Waals surface area contributed by atoms with Crippen molar-refractivity contribution in [2.75, 3.05) is 31.9 Å². The number of carbonyl (C=O) groups is 2. The van der Waals surface area contributed by atoms with Crippen LogP contribution in [0.15, 0.2) is 35.4 Å². The molecule has 0 unspecified atom stereocenters. The molecule has 0 bridgehead atoms. The predicted octanol–water partition coefficient (Wildman–Crippen LogP) is 1.67. The number of aromatic nitrogens is 1. The number of benzene rings is 1. The predicted molar refractivity (Wildman–Crippen MR) is 116 cm³/mol. The van der Waals surface area contributed by atoms with Gasteiger partial charge in [0.05, 0.1) is 17.1 Å². The number of rotatable bonds is 5. The van der Waals surface area contributed by atoms with Gasteiger partial charge in [0.1, 0.15) is 12.3 Å². The smallest absolute Gasteiger partial charge is 0.242 e. The molecule has 1 aromatic heterocycles. The van der Waals surface area contributed by atoms with Gasteiger partial charge in [-0.15, -0.1) is 0 Å². The number of likely N-dealkylation sites (tertiary alicyclic amines) is 1. The molecule has 2 atom stereocenters. The van der Waals surface area contributed by atoms with E-state index >= 15 is 0 Å². The van der Waals surface area contributed by atoms with E-state index in [1.54, 1.807) is 27.7 Å². The summed E-state index contributed by atoms with van der Waals surface area (Å²) in [5.41, 5.74) is 0.676. The molecule has 0 spiro atoms. The molecule has 31 heavy (non-hydrogen) atoms. The number of morpholine rings is 1. The summed E-state index contributed by atoms with van der Waals surface area (Å²) in [6.07, 6.45) is 3.24. The molecule has 0 radical (unpaired) electrons. The highest BCUT2D eigenvalue weighted by Gasteiger charge is 2.31. The fourth-order valence-electron chi connectivity index (χ4n) is 4.52. The van der Waals surface area contributed by atoms with Crippen LogP contribution in [-0.2, 0) is 30.7 Å². The van der Waals surface area contributed by atoms with Gasteiger partial charge in [-0.25, -0.2) is 8.42 Å². The van der Waals surface area contributed by atoms with Crippen LogP contribution in [0.4, 0.5) is 0 Å². The van der Waals surface area contributed by atoms with E-state index in [2.05, 4.69) is 0 Å². The molecule has 9 heteroatoms. The molecule has 2 fully saturated rings. The van der Waals surface area contributed by atoms with E-state index in [1.165, 1.54) is 6.20 Å². The maximum Gasteiger partial charge on any atom is 0.242 e. The Kier molecular flexibility index (Phi) is 6.07. The molecule has 2 saturated heterocycles. The fraction of sp³-hybridized carbons (Fsp3) is 0.545. The SMILES string of the molecule is C[C@@H]1CN(C(=O)CS(=O)(=O)c2cn(CC(=O)N3CCCC3)c3ccccc23)C[C@H](C)O1. The Hall–Kier alpha value is -2.39. The lowest BCUT2D eigenvalue weighted by Crippen LogP contribution is -2.49. The molecule has 2 aliphatic rings. The summed E-state index contributed by atoms with van der Waals surface area (Å²) < 4.78 is 33.8. The second kappa shape index (κ2) is 8.63. The van der Waals surface area contributed by atoms with Crippen molar-refractivity contribution in [1.82, 2.24) is 14.4 Å². The summed E-state index contributed by atoms with van der Waals surface area (Å²) in [6, 6.07) is 7.11. The Morgan fingerprint density at radius 1 is 1.00 bits per heavy atom. The maximum atomic E-state index is 13.2. The molecule has 4 rings (SSSR count). The third-order valence-electron chi connectivity index (χ3n) is 5.94. The van der Waals surface area contributed by atoms with Gasteiger partial charge in [0.2, 0.25) is 11.8 Å². The van der Waals surface area contributed by atoms with Gasteiger partial charge in [-0.05, 0) is 32.8 Å². The molecule has 0 N–H and O–H groups in total. The largest absolute Gasteiger partial charge is 0.372 e. The van der Waals surface area contributed by atoms with Crippen LogP contribution >= 0.6 is 0 Å². The second-order valence-corrected chi connectivity index (χ2v) is 10.5. The van der Waals surface area contributed by atoms with E-state index in [1.807, 2.05) is 24.8 Å². The number of amides is 2. The number of para-hydroxylation sites is 1. The second-order valence-electron chi connectivity index (χ2n) is 8.54. The van der Waals surface area contributed by atoms with Crippen molar-refractivity contribution >= 4 is 32.6 Å². The van der Waals surface area contributed by atoms with E-state index in [-0.39, 0.29) is 29.6 Å². The molecule has 168 valence electrons. The Morgan fingerprint density at radius 2 is 1.65 bits per heavy atom. The van der Waals surface area contributed by atoms with E-state index < -0.39 is 21.5 Å². The third kappa shape index (κ3) is 4.62. The van der Waals surface area contributed by atoms with Crippen LogP contribution < -0.4 is 0 Å². The van der Waals surface area contributed by atoms with Crippen molar-refractivity contribution in [1.29, 1.82) is 0 Å². The highest BCUT2D eigenvalue weighted by Crippen LogP contribution is 2.27. The van der Waals surface area contributed by atoms with Crippen LogP contribution in [0.25, 0.3) is 10.9 Å². The number of ether oxygens (including phenoxy) is 1. The first-order valence-corrected chi connectivity index (χ1v) is 12.4. The maximum absolute atomic E-state index is 13.2. The summed E-state index contributed by atoms with van der Waals surface area (Å²) in [5, 5.41) is 0.535. The Morgan fingerprint density at radius 3 is 2.32 bits per heavy atom. The topological polar surface area (TPSA) is 88.9 Å². The Labute approximate surface area is 182 Å². The number of sulfone groups is 1. The standard InChI is InChI=1S/C22H29N3O5S/c1-16-11-25(12-17(2)30-16)22(27)15-31(28,29)20-13-24(19-8-4-3-7-18(19)20)14-21(26)23-9-5-6-10-23/h3-4,7-8,13,16-17H,5-6,9-12,14-15H2,1-2H3/t16-,17+. The monoisotopic (exact) mass is 447 g/mol. The average molecular weight is 448 g/mol. The van der Waals surface area contributed by atoms with Gasteiger partial charge in [-0.2, -0.15) is 0 Å². The Bertz CT molecular complexity index is 1080. The van der Waals surface area contributed by atoms with E-state index in [9.17, 15) is 18.0 Å². The molecule has 2 amide bonds. The van der Waals surface area contributed by atoms with Gasteiger partial charge in [0.15, 0.2) is 9.84 Å². The van der Waals surface area contributed by atoms with Gasteiger partial charge in [0.25, 0.3) is 0 Å². The van der Waals surface area contributed by atoms with E-state index in [0.29, 0.717) is 24.0 Å². The van der Waals surface area contributed by atoms with Crippen molar-refractivity contribution in [3.05, 3.63) is 30.5 Å². The highest BCUT2D eigenvalue weighted by molar-refractivity contribution is 7.92. The number of nitrogens with zero attached hydrogens (tertiary/aromatic N) is 3. The van der Waals surface area contributed by atoms with Crippen molar-refractivity contribution in [3.63, 3.8) is 0 Å². The van der Waals surface area contributed by atoms with Crippen LogP contribution in [-0.4, -0.2) is 78.7 Å².